The molecule has 0 aliphatic carbocycles. The van der Waals surface area contributed by atoms with Gasteiger partial charge in [-0.1, -0.05) is 352 Å². The van der Waals surface area contributed by atoms with E-state index in [1.807, 2.05) is 6.08 Å². The van der Waals surface area contributed by atoms with Crippen LogP contribution in [0.1, 0.15) is 393 Å². The fourth-order valence-electron chi connectivity index (χ4n) is 11.2. The summed E-state index contributed by atoms with van der Waals surface area (Å²) >= 11 is 0. The number of unbranched alkanes of at least 4 members (excludes halogenated alkanes) is 52. The van der Waals surface area contributed by atoms with E-state index in [0.717, 1.165) is 51.4 Å². The number of carbonyl (C=O) groups is 2. The lowest BCUT2D eigenvalue weighted by Gasteiger charge is -2.20. The van der Waals surface area contributed by atoms with Crippen LogP contribution in [0.3, 0.4) is 0 Å². The molecule has 0 saturated heterocycles. The molecule has 2 unspecified atom stereocenters. The molecular formula is C73H139NO5. The Balaban J connectivity index is 3.35. The molecule has 0 aromatic heterocycles. The van der Waals surface area contributed by atoms with E-state index >= 15 is 0 Å². The van der Waals surface area contributed by atoms with Gasteiger partial charge >= 0.3 is 5.97 Å². The minimum Gasteiger partial charge on any atom is -0.466 e. The standard InChI is InChI=1S/C73H139NO5/c1-3-5-7-9-11-13-15-17-19-21-35-39-43-47-51-55-59-63-67-73(78)79-68-64-60-56-52-48-44-40-36-33-31-29-27-25-23-22-24-26-28-30-32-34-38-42-46-50-54-58-62-66-72(77)74-70(69-75)71(76)65-61-57-53-49-45-41-37-20-18-16-14-12-10-8-6-4-2/h13,15,19,21,61,65,70-71,75-76H,3-12,14,16-18,20,22-60,62-64,66-69H2,1-2H3,(H,74,77)/b15-13-,21-19-,65-61+. The molecule has 0 radical (unpaired) electrons. The minimum atomic E-state index is -0.842. The van der Waals surface area contributed by atoms with Crippen LogP contribution < -0.4 is 5.32 Å². The van der Waals surface area contributed by atoms with Crippen molar-refractivity contribution in [2.75, 3.05) is 13.2 Å². The molecule has 0 rings (SSSR count). The van der Waals surface area contributed by atoms with Crippen LogP contribution in [0.2, 0.25) is 0 Å². The largest absolute Gasteiger partial charge is 0.466 e. The molecule has 0 aromatic rings. The maximum absolute atomic E-state index is 12.5. The van der Waals surface area contributed by atoms with Gasteiger partial charge in [-0.05, 0) is 64.2 Å². The van der Waals surface area contributed by atoms with E-state index in [1.165, 1.54) is 315 Å². The van der Waals surface area contributed by atoms with E-state index in [4.69, 9.17) is 4.74 Å². The highest BCUT2D eigenvalue weighted by atomic mass is 16.5. The fraction of sp³-hybridized carbons (Fsp3) is 0.890. The minimum absolute atomic E-state index is 0.0115. The molecule has 0 heterocycles. The number of aliphatic hydroxyl groups is 2. The van der Waals surface area contributed by atoms with Gasteiger partial charge in [0.2, 0.25) is 5.91 Å². The van der Waals surface area contributed by atoms with E-state index in [2.05, 4.69) is 43.5 Å². The fourth-order valence-corrected chi connectivity index (χ4v) is 11.2. The summed E-state index contributed by atoms with van der Waals surface area (Å²) in [5, 5.41) is 23.2. The first-order valence-corrected chi connectivity index (χ1v) is 35.8. The Labute approximate surface area is 494 Å². The zero-order valence-electron chi connectivity index (χ0n) is 53.4. The van der Waals surface area contributed by atoms with Crippen LogP contribution in [0.4, 0.5) is 0 Å². The predicted octanol–water partition coefficient (Wildman–Crippen LogP) is 23.1. The van der Waals surface area contributed by atoms with Crippen molar-refractivity contribution in [3.8, 4) is 0 Å². The molecule has 3 N–H and O–H groups in total. The Kier molecular flexibility index (Phi) is 66.9. The number of nitrogens with one attached hydrogen (secondary N) is 1. The average molecular weight is 1110 g/mol. The molecule has 0 aromatic carbocycles. The lowest BCUT2D eigenvalue weighted by molar-refractivity contribution is -0.143. The van der Waals surface area contributed by atoms with Gasteiger partial charge in [0.1, 0.15) is 0 Å². The van der Waals surface area contributed by atoms with Crippen molar-refractivity contribution >= 4 is 11.9 Å². The number of amides is 1. The van der Waals surface area contributed by atoms with Gasteiger partial charge in [0, 0.05) is 12.8 Å². The van der Waals surface area contributed by atoms with Crippen molar-refractivity contribution in [3.05, 3.63) is 36.5 Å². The van der Waals surface area contributed by atoms with Crippen molar-refractivity contribution in [3.63, 3.8) is 0 Å². The quantitative estimate of drug-likeness (QED) is 0.0320. The van der Waals surface area contributed by atoms with E-state index < -0.39 is 12.1 Å². The summed E-state index contributed by atoms with van der Waals surface area (Å²) in [6, 6.07) is -0.626. The number of hydrogen-bond acceptors (Lipinski definition) is 5. The SMILES string of the molecule is CCCCCC/C=C\C/C=C\CCCCCCCCCC(=O)OCCCCCCCCCCCCCCCCCCCCCCCCCCCCCCC(=O)NC(CO)C(O)/C=C/CCCCCCCCCCCCCCCC. The summed E-state index contributed by atoms with van der Waals surface area (Å²) in [6.45, 7) is 4.92. The zero-order valence-corrected chi connectivity index (χ0v) is 53.4. The second kappa shape index (κ2) is 68.6. The zero-order chi connectivity index (χ0) is 57.1. The third-order valence-electron chi connectivity index (χ3n) is 16.7. The molecule has 0 bridgehead atoms. The van der Waals surface area contributed by atoms with Gasteiger partial charge in [-0.2, -0.15) is 0 Å². The molecule has 79 heavy (non-hydrogen) atoms. The molecular weight excluding hydrogens is 971 g/mol. The molecule has 1 amide bonds. The Morgan fingerprint density at radius 3 is 0.975 bits per heavy atom. The molecule has 0 saturated carbocycles. The average Bonchev–Trinajstić information content (AvgIpc) is 3.45. The monoisotopic (exact) mass is 1110 g/mol. The number of esters is 1. The first-order valence-electron chi connectivity index (χ1n) is 35.8. The van der Waals surface area contributed by atoms with Crippen molar-refractivity contribution in [2.45, 2.75) is 405 Å². The summed E-state index contributed by atoms with van der Waals surface area (Å²) in [7, 11) is 0. The highest BCUT2D eigenvalue weighted by molar-refractivity contribution is 5.76. The maximum Gasteiger partial charge on any atom is 0.305 e. The smallest absolute Gasteiger partial charge is 0.305 e. The second-order valence-electron chi connectivity index (χ2n) is 24.6. The second-order valence-corrected chi connectivity index (χ2v) is 24.6. The van der Waals surface area contributed by atoms with Gasteiger partial charge < -0.3 is 20.3 Å². The van der Waals surface area contributed by atoms with Crippen LogP contribution in [0, 0.1) is 0 Å². The first kappa shape index (κ1) is 77.1. The molecule has 0 aliphatic rings. The van der Waals surface area contributed by atoms with Crippen LogP contribution in [-0.2, 0) is 14.3 Å². The van der Waals surface area contributed by atoms with E-state index in [1.54, 1.807) is 6.08 Å². The van der Waals surface area contributed by atoms with Crippen molar-refractivity contribution < 1.29 is 24.5 Å². The van der Waals surface area contributed by atoms with Crippen molar-refractivity contribution in [1.82, 2.24) is 5.32 Å². The molecule has 0 aliphatic heterocycles. The first-order chi connectivity index (χ1) is 39.0. The molecule has 0 spiro atoms. The van der Waals surface area contributed by atoms with Crippen molar-refractivity contribution in [2.24, 2.45) is 0 Å². The third kappa shape index (κ3) is 65.1. The molecule has 0 fully saturated rings. The number of allylic oxidation sites excluding steroid dienone is 5. The normalized spacial score (nSPS) is 12.7. The number of carbonyl (C=O) groups excluding carboxylic acids is 2. The van der Waals surface area contributed by atoms with E-state index in [9.17, 15) is 19.8 Å². The number of aliphatic hydroxyl groups excluding tert-OH is 2. The Hall–Kier alpha value is -1.92. The van der Waals surface area contributed by atoms with E-state index in [0.29, 0.717) is 19.4 Å². The van der Waals surface area contributed by atoms with Crippen molar-refractivity contribution in [1.29, 1.82) is 0 Å². The summed E-state index contributed by atoms with van der Waals surface area (Å²) in [4.78, 5) is 24.6. The lowest BCUT2D eigenvalue weighted by Crippen LogP contribution is -2.45. The molecule has 6 nitrogen and oxygen atoms in total. The molecule has 6 heteroatoms. The van der Waals surface area contributed by atoms with Crippen LogP contribution in [0.5, 0.6) is 0 Å². The van der Waals surface area contributed by atoms with Crippen LogP contribution in [-0.4, -0.2) is 47.4 Å². The van der Waals surface area contributed by atoms with Gasteiger partial charge in [0.15, 0.2) is 0 Å². The van der Waals surface area contributed by atoms with E-state index in [-0.39, 0.29) is 18.5 Å². The number of ether oxygens (including phenoxy) is 1. The van der Waals surface area contributed by atoms with Gasteiger partial charge in [0.05, 0.1) is 25.4 Å². The van der Waals surface area contributed by atoms with Crippen LogP contribution in [0.15, 0.2) is 36.5 Å². The van der Waals surface area contributed by atoms with Crippen LogP contribution >= 0.6 is 0 Å². The van der Waals surface area contributed by atoms with Gasteiger partial charge in [0.25, 0.3) is 0 Å². The maximum atomic E-state index is 12.5. The number of hydrogen-bond donors (Lipinski definition) is 3. The Morgan fingerprint density at radius 2 is 0.633 bits per heavy atom. The summed E-state index contributed by atoms with van der Waals surface area (Å²) < 4.78 is 5.50. The molecule has 466 valence electrons. The highest BCUT2D eigenvalue weighted by Gasteiger charge is 2.18. The number of rotatable bonds is 67. The summed E-state index contributed by atoms with van der Waals surface area (Å²) in [6.07, 6.45) is 88.0. The highest BCUT2D eigenvalue weighted by Crippen LogP contribution is 2.19. The van der Waals surface area contributed by atoms with Crippen LogP contribution in [0.25, 0.3) is 0 Å². The summed E-state index contributed by atoms with van der Waals surface area (Å²) in [5.74, 6) is -0.0508. The third-order valence-corrected chi connectivity index (χ3v) is 16.7. The van der Waals surface area contributed by atoms with Gasteiger partial charge in [-0.25, -0.2) is 0 Å². The summed E-state index contributed by atoms with van der Waals surface area (Å²) in [5.41, 5.74) is 0. The lowest BCUT2D eigenvalue weighted by atomic mass is 10.0. The topological polar surface area (TPSA) is 95.9 Å². The Bertz CT molecular complexity index is 1280. The van der Waals surface area contributed by atoms with Gasteiger partial charge in [-0.15, -0.1) is 0 Å². The predicted molar refractivity (Wildman–Crippen MR) is 347 cm³/mol. The van der Waals surface area contributed by atoms with Gasteiger partial charge in [-0.3, -0.25) is 9.59 Å². The molecule has 2 atom stereocenters. The Morgan fingerprint density at radius 1 is 0.354 bits per heavy atom.